The summed E-state index contributed by atoms with van der Waals surface area (Å²) in [5.41, 5.74) is 0.666. The molecule has 1 fully saturated rings. The third-order valence-corrected chi connectivity index (χ3v) is 4.77. The van der Waals surface area contributed by atoms with E-state index in [1.807, 2.05) is 18.7 Å². The number of hydrogen-bond donors (Lipinski definition) is 1. The number of thioether (sulfide) groups is 1. The van der Waals surface area contributed by atoms with Gasteiger partial charge in [0.15, 0.2) is 0 Å². The molecule has 0 amide bonds. The molecule has 1 saturated carbocycles. The molecule has 0 bridgehead atoms. The van der Waals surface area contributed by atoms with Crippen LogP contribution in [0.15, 0.2) is 18.2 Å². The molecule has 4 heteroatoms. The van der Waals surface area contributed by atoms with Crippen LogP contribution in [0, 0.1) is 11.6 Å². The monoisotopic (exact) mass is 257 g/mol. The molecule has 0 spiro atoms. The summed E-state index contributed by atoms with van der Waals surface area (Å²) in [5, 5.41) is 3.35. The Morgan fingerprint density at radius 2 is 1.88 bits per heavy atom. The first-order valence-electron chi connectivity index (χ1n) is 5.79. The topological polar surface area (TPSA) is 12.0 Å². The number of nitrogens with one attached hydrogen (secondary N) is 1. The minimum absolute atomic E-state index is 0.0233. The van der Waals surface area contributed by atoms with Crippen LogP contribution in [0.2, 0.25) is 0 Å². The highest BCUT2D eigenvalue weighted by Gasteiger charge is 2.41. The lowest BCUT2D eigenvalue weighted by Crippen LogP contribution is -2.28. The van der Waals surface area contributed by atoms with Gasteiger partial charge in [-0.15, -0.1) is 0 Å². The first-order valence-corrected chi connectivity index (χ1v) is 7.02. The molecule has 1 unspecified atom stereocenters. The molecule has 0 heterocycles. The van der Waals surface area contributed by atoms with Crippen molar-refractivity contribution in [1.82, 2.24) is 5.32 Å². The zero-order valence-corrected chi connectivity index (χ0v) is 10.9. The van der Waals surface area contributed by atoms with Crippen molar-refractivity contribution >= 4 is 11.8 Å². The van der Waals surface area contributed by atoms with E-state index >= 15 is 0 Å². The number of hydrogen-bond acceptors (Lipinski definition) is 2. The van der Waals surface area contributed by atoms with Crippen molar-refractivity contribution in [3.8, 4) is 0 Å². The second-order valence-electron chi connectivity index (χ2n) is 4.69. The fourth-order valence-corrected chi connectivity index (χ4v) is 2.61. The average Bonchev–Trinajstić information content (AvgIpc) is 3.05. The van der Waals surface area contributed by atoms with Crippen LogP contribution in [0.4, 0.5) is 8.78 Å². The van der Waals surface area contributed by atoms with E-state index in [0.29, 0.717) is 10.3 Å². The Balaban J connectivity index is 1.97. The zero-order valence-electron chi connectivity index (χ0n) is 10.1. The Kier molecular flexibility index (Phi) is 3.73. The average molecular weight is 257 g/mol. The number of rotatable bonds is 5. The highest BCUT2D eigenvalue weighted by atomic mass is 32.2. The third-order valence-electron chi connectivity index (χ3n) is 3.36. The molecule has 1 aliphatic carbocycles. The summed E-state index contributed by atoms with van der Waals surface area (Å²) in [4.78, 5) is 0. The van der Waals surface area contributed by atoms with E-state index in [-0.39, 0.29) is 6.04 Å². The molecule has 1 N–H and O–H groups in total. The summed E-state index contributed by atoms with van der Waals surface area (Å²) in [5.74, 6) is -1.03. The van der Waals surface area contributed by atoms with E-state index in [2.05, 4.69) is 11.6 Å². The van der Waals surface area contributed by atoms with Crippen LogP contribution in [0.5, 0.6) is 0 Å². The van der Waals surface area contributed by atoms with Crippen LogP contribution in [0.25, 0.3) is 0 Å². The smallest absolute Gasteiger partial charge is 0.126 e. The van der Waals surface area contributed by atoms with Gasteiger partial charge in [0.2, 0.25) is 0 Å². The van der Waals surface area contributed by atoms with Crippen molar-refractivity contribution < 1.29 is 8.78 Å². The SMILES string of the molecule is CSC1(CNC(C)c2cc(F)cc(F)c2)CC1. The molecule has 17 heavy (non-hydrogen) atoms. The Hall–Kier alpha value is -0.610. The standard InChI is InChI=1S/C13H17F2NS/c1-9(16-8-13(17-2)3-4-13)10-5-11(14)7-12(15)6-10/h5-7,9,16H,3-4,8H2,1-2H3. The molecular formula is C13H17F2NS. The lowest BCUT2D eigenvalue weighted by atomic mass is 10.1. The lowest BCUT2D eigenvalue weighted by molar-refractivity contribution is 0.540. The van der Waals surface area contributed by atoms with Crippen molar-refractivity contribution in [2.75, 3.05) is 12.8 Å². The molecule has 1 atom stereocenters. The van der Waals surface area contributed by atoms with Gasteiger partial charge in [-0.05, 0) is 43.7 Å². The molecule has 0 aromatic heterocycles. The van der Waals surface area contributed by atoms with E-state index in [9.17, 15) is 8.78 Å². The van der Waals surface area contributed by atoms with Crippen molar-refractivity contribution in [3.05, 3.63) is 35.4 Å². The maximum atomic E-state index is 13.1. The zero-order chi connectivity index (χ0) is 12.5. The molecule has 94 valence electrons. The van der Waals surface area contributed by atoms with Gasteiger partial charge >= 0.3 is 0 Å². The Bertz CT molecular complexity index is 384. The van der Waals surface area contributed by atoms with E-state index in [4.69, 9.17) is 0 Å². The van der Waals surface area contributed by atoms with Crippen molar-refractivity contribution in [2.45, 2.75) is 30.6 Å². The molecule has 0 radical (unpaired) electrons. The maximum Gasteiger partial charge on any atom is 0.126 e. The van der Waals surface area contributed by atoms with Gasteiger partial charge < -0.3 is 5.32 Å². The van der Waals surface area contributed by atoms with Crippen molar-refractivity contribution in [3.63, 3.8) is 0 Å². The van der Waals surface area contributed by atoms with Gasteiger partial charge in [-0.3, -0.25) is 0 Å². The van der Waals surface area contributed by atoms with Crippen molar-refractivity contribution in [1.29, 1.82) is 0 Å². The number of halogens is 2. The van der Waals surface area contributed by atoms with Gasteiger partial charge in [-0.2, -0.15) is 11.8 Å². The van der Waals surface area contributed by atoms with Crippen LogP contribution in [-0.4, -0.2) is 17.5 Å². The van der Waals surface area contributed by atoms with Gasteiger partial charge in [-0.25, -0.2) is 8.78 Å². The lowest BCUT2D eigenvalue weighted by Gasteiger charge is -2.19. The van der Waals surface area contributed by atoms with Crippen LogP contribution in [0.1, 0.15) is 31.4 Å². The van der Waals surface area contributed by atoms with E-state index in [1.54, 1.807) is 0 Å². The maximum absolute atomic E-state index is 13.1. The van der Waals surface area contributed by atoms with Crippen LogP contribution in [0.3, 0.4) is 0 Å². The third kappa shape index (κ3) is 3.19. The fraction of sp³-hybridized carbons (Fsp3) is 0.538. The molecule has 0 aliphatic heterocycles. The highest BCUT2D eigenvalue weighted by molar-refractivity contribution is 8.00. The largest absolute Gasteiger partial charge is 0.309 e. The van der Waals surface area contributed by atoms with Gasteiger partial charge in [0, 0.05) is 23.4 Å². The molecular weight excluding hydrogens is 240 g/mol. The Morgan fingerprint density at radius 3 is 2.35 bits per heavy atom. The van der Waals surface area contributed by atoms with Crippen molar-refractivity contribution in [2.24, 2.45) is 0 Å². The summed E-state index contributed by atoms with van der Waals surface area (Å²) in [6.45, 7) is 2.83. The molecule has 2 rings (SSSR count). The van der Waals surface area contributed by atoms with Crippen LogP contribution < -0.4 is 5.32 Å². The molecule has 1 aliphatic rings. The van der Waals surface area contributed by atoms with Gasteiger partial charge in [0.1, 0.15) is 11.6 Å². The predicted molar refractivity (Wildman–Crippen MR) is 68.3 cm³/mol. The number of benzene rings is 1. The summed E-state index contributed by atoms with van der Waals surface area (Å²) in [6.07, 6.45) is 4.57. The summed E-state index contributed by atoms with van der Waals surface area (Å²) < 4.78 is 26.5. The minimum atomic E-state index is -0.514. The van der Waals surface area contributed by atoms with Crippen LogP contribution in [-0.2, 0) is 0 Å². The van der Waals surface area contributed by atoms with E-state index in [0.717, 1.165) is 12.6 Å². The molecule has 1 nitrogen and oxygen atoms in total. The first-order chi connectivity index (χ1) is 8.04. The molecule has 0 saturated heterocycles. The second kappa shape index (κ2) is 4.94. The van der Waals surface area contributed by atoms with Gasteiger partial charge in [0.05, 0.1) is 0 Å². The minimum Gasteiger partial charge on any atom is -0.309 e. The molecule has 1 aromatic rings. The van der Waals surface area contributed by atoms with Gasteiger partial charge in [0.25, 0.3) is 0 Å². The summed E-state index contributed by atoms with van der Waals surface area (Å²) in [6, 6.07) is 3.66. The van der Waals surface area contributed by atoms with E-state index < -0.39 is 11.6 Å². The first kappa shape index (κ1) is 12.8. The summed E-state index contributed by atoms with van der Waals surface area (Å²) in [7, 11) is 0. The normalized spacial score (nSPS) is 19.1. The predicted octanol–water partition coefficient (Wildman–Crippen LogP) is 3.51. The Labute approximate surface area is 105 Å². The van der Waals surface area contributed by atoms with E-state index in [1.165, 1.54) is 25.0 Å². The summed E-state index contributed by atoms with van der Waals surface area (Å²) >= 11 is 1.87. The van der Waals surface area contributed by atoms with Crippen LogP contribution >= 0.6 is 11.8 Å². The highest BCUT2D eigenvalue weighted by Crippen LogP contribution is 2.46. The Morgan fingerprint density at radius 1 is 1.29 bits per heavy atom. The fourth-order valence-electron chi connectivity index (χ4n) is 1.87. The second-order valence-corrected chi connectivity index (χ2v) is 5.97. The molecule has 1 aromatic carbocycles. The quantitative estimate of drug-likeness (QED) is 0.866. The van der Waals surface area contributed by atoms with Gasteiger partial charge in [-0.1, -0.05) is 0 Å².